The van der Waals surface area contributed by atoms with Crippen LogP contribution in [0.1, 0.15) is 24.1 Å². The molecule has 3 heterocycles. The summed E-state index contributed by atoms with van der Waals surface area (Å²) in [5.41, 5.74) is 2.20. The van der Waals surface area contributed by atoms with E-state index in [9.17, 15) is 9.59 Å². The number of rotatable bonds is 3. The van der Waals surface area contributed by atoms with Crippen molar-refractivity contribution < 1.29 is 9.53 Å². The van der Waals surface area contributed by atoms with Crippen LogP contribution in [-0.4, -0.2) is 57.5 Å². The van der Waals surface area contributed by atoms with Gasteiger partial charge in [0, 0.05) is 32.9 Å². The highest BCUT2D eigenvalue weighted by atomic mass is 16.6. The van der Waals surface area contributed by atoms with E-state index in [0.717, 1.165) is 36.3 Å². The van der Waals surface area contributed by atoms with Crippen LogP contribution in [0.25, 0.3) is 5.69 Å². The van der Waals surface area contributed by atoms with E-state index in [2.05, 4.69) is 4.90 Å². The summed E-state index contributed by atoms with van der Waals surface area (Å²) in [5, 5.41) is 0. The van der Waals surface area contributed by atoms with Gasteiger partial charge in [-0.25, -0.2) is 9.48 Å². The lowest BCUT2D eigenvalue weighted by Crippen LogP contribution is -2.50. The summed E-state index contributed by atoms with van der Waals surface area (Å²) < 4.78 is 9.31. The average Bonchev–Trinajstić information content (AvgIpc) is 3.03. The molecule has 1 atom stereocenters. The second kappa shape index (κ2) is 6.56. The van der Waals surface area contributed by atoms with E-state index in [0.29, 0.717) is 19.6 Å². The van der Waals surface area contributed by atoms with Gasteiger partial charge in [-0.05, 0) is 38.4 Å². The molecule has 7 heteroatoms. The van der Waals surface area contributed by atoms with Gasteiger partial charge in [-0.15, -0.1) is 0 Å². The molecule has 144 valence electrons. The second-order valence-electron chi connectivity index (χ2n) is 7.76. The highest BCUT2D eigenvalue weighted by Crippen LogP contribution is 2.32. The first-order valence-electron chi connectivity index (χ1n) is 9.40. The standard InChI is InChI=1S/C20H26N4O3/c1-15-17(18(25)24(22(15)3)16-8-5-4-6-9-16)12-23-11-7-10-20(14-23)13-21(2)19(26)27-20/h4-6,8-9H,7,10-14H2,1-3H3/t20-/m0/s1. The number of para-hydroxylation sites is 1. The van der Waals surface area contributed by atoms with Gasteiger partial charge in [0.15, 0.2) is 0 Å². The van der Waals surface area contributed by atoms with Crippen LogP contribution in [0.3, 0.4) is 0 Å². The zero-order valence-corrected chi connectivity index (χ0v) is 16.1. The van der Waals surface area contributed by atoms with E-state index in [1.54, 1.807) is 16.6 Å². The van der Waals surface area contributed by atoms with E-state index in [1.165, 1.54) is 0 Å². The first kappa shape index (κ1) is 17.9. The number of carbonyl (C=O) groups is 1. The van der Waals surface area contributed by atoms with Gasteiger partial charge in [-0.1, -0.05) is 18.2 Å². The predicted octanol–water partition coefficient (Wildman–Crippen LogP) is 1.90. The highest BCUT2D eigenvalue weighted by Gasteiger charge is 2.46. The molecule has 1 amide bonds. The number of carbonyl (C=O) groups excluding carboxylic acids is 1. The normalized spacial score (nSPS) is 23.2. The topological polar surface area (TPSA) is 59.7 Å². The molecule has 1 spiro atoms. The SMILES string of the molecule is Cc1c(CN2CCC[C@@]3(C2)CN(C)C(=O)O3)c(=O)n(-c2ccccc2)n1C. The minimum Gasteiger partial charge on any atom is -0.440 e. The second-order valence-corrected chi connectivity index (χ2v) is 7.76. The number of likely N-dealkylation sites (tertiary alicyclic amines) is 1. The lowest BCUT2D eigenvalue weighted by atomic mass is 9.92. The quantitative estimate of drug-likeness (QED) is 0.828. The van der Waals surface area contributed by atoms with Gasteiger partial charge in [0.1, 0.15) is 5.60 Å². The molecule has 2 fully saturated rings. The Balaban J connectivity index is 1.60. The lowest BCUT2D eigenvalue weighted by molar-refractivity contribution is -0.0114. The molecule has 0 bridgehead atoms. The molecule has 2 aliphatic rings. The number of benzene rings is 1. The Kier molecular flexibility index (Phi) is 4.34. The Morgan fingerprint density at radius 3 is 2.52 bits per heavy atom. The van der Waals surface area contributed by atoms with Gasteiger partial charge >= 0.3 is 6.09 Å². The summed E-state index contributed by atoms with van der Waals surface area (Å²) in [6, 6.07) is 9.69. The van der Waals surface area contributed by atoms with Gasteiger partial charge in [-0.2, -0.15) is 0 Å². The van der Waals surface area contributed by atoms with Crippen LogP contribution in [0.15, 0.2) is 35.1 Å². The maximum Gasteiger partial charge on any atom is 0.410 e. The fourth-order valence-corrected chi connectivity index (χ4v) is 4.36. The number of nitrogens with zero attached hydrogens (tertiary/aromatic N) is 4. The van der Waals surface area contributed by atoms with Crippen LogP contribution in [0, 0.1) is 6.92 Å². The van der Waals surface area contributed by atoms with Gasteiger partial charge in [-0.3, -0.25) is 14.4 Å². The molecule has 0 N–H and O–H groups in total. The van der Waals surface area contributed by atoms with E-state index in [4.69, 9.17) is 4.74 Å². The van der Waals surface area contributed by atoms with Gasteiger partial charge in [0.2, 0.25) is 0 Å². The van der Waals surface area contributed by atoms with Crippen molar-refractivity contribution in [2.45, 2.75) is 31.9 Å². The first-order valence-corrected chi connectivity index (χ1v) is 9.40. The fraction of sp³-hybridized carbons (Fsp3) is 0.500. The number of ether oxygens (including phenoxy) is 1. The highest BCUT2D eigenvalue weighted by molar-refractivity contribution is 5.70. The Morgan fingerprint density at radius 2 is 1.85 bits per heavy atom. The van der Waals surface area contributed by atoms with Crippen molar-refractivity contribution in [3.05, 3.63) is 51.9 Å². The summed E-state index contributed by atoms with van der Waals surface area (Å²) in [6.07, 6.45) is 1.58. The first-order chi connectivity index (χ1) is 12.9. The Labute approximate surface area is 158 Å². The summed E-state index contributed by atoms with van der Waals surface area (Å²) in [4.78, 5) is 28.9. The minimum absolute atomic E-state index is 0.0151. The molecular formula is C20H26N4O3. The molecule has 0 saturated carbocycles. The predicted molar refractivity (Wildman–Crippen MR) is 102 cm³/mol. The van der Waals surface area contributed by atoms with Crippen LogP contribution >= 0.6 is 0 Å². The van der Waals surface area contributed by atoms with Crippen LogP contribution < -0.4 is 5.56 Å². The number of hydrogen-bond donors (Lipinski definition) is 0. The molecule has 7 nitrogen and oxygen atoms in total. The Hall–Kier alpha value is -2.54. The van der Waals surface area contributed by atoms with Crippen LogP contribution in [0.2, 0.25) is 0 Å². The van der Waals surface area contributed by atoms with Crippen molar-refractivity contribution >= 4 is 6.09 Å². The van der Waals surface area contributed by atoms with Crippen LogP contribution in [-0.2, 0) is 18.3 Å². The van der Waals surface area contributed by atoms with E-state index in [-0.39, 0.29) is 11.7 Å². The number of hydrogen-bond acceptors (Lipinski definition) is 4. The van der Waals surface area contributed by atoms with Crippen molar-refractivity contribution in [2.24, 2.45) is 7.05 Å². The third-order valence-electron chi connectivity index (χ3n) is 5.81. The maximum atomic E-state index is 13.1. The lowest BCUT2D eigenvalue weighted by Gasteiger charge is -2.38. The summed E-state index contributed by atoms with van der Waals surface area (Å²) in [7, 11) is 3.69. The van der Waals surface area contributed by atoms with E-state index >= 15 is 0 Å². The van der Waals surface area contributed by atoms with Crippen molar-refractivity contribution in [1.82, 2.24) is 19.2 Å². The zero-order chi connectivity index (χ0) is 19.2. The number of aromatic nitrogens is 2. The monoisotopic (exact) mass is 370 g/mol. The number of piperidine rings is 1. The van der Waals surface area contributed by atoms with Gasteiger partial charge in [0.25, 0.3) is 5.56 Å². The van der Waals surface area contributed by atoms with Crippen molar-refractivity contribution in [3.63, 3.8) is 0 Å². The molecule has 0 radical (unpaired) electrons. The Bertz CT molecular complexity index is 917. The average molecular weight is 370 g/mol. The molecule has 2 aliphatic heterocycles. The smallest absolute Gasteiger partial charge is 0.410 e. The number of likely N-dealkylation sites (N-methyl/N-ethyl adjacent to an activating group) is 1. The van der Waals surface area contributed by atoms with Crippen LogP contribution in [0.4, 0.5) is 4.79 Å². The molecular weight excluding hydrogens is 344 g/mol. The molecule has 27 heavy (non-hydrogen) atoms. The van der Waals surface area contributed by atoms with Gasteiger partial charge < -0.3 is 9.64 Å². The summed E-state index contributed by atoms with van der Waals surface area (Å²) in [5.74, 6) is 0. The van der Waals surface area contributed by atoms with E-state index in [1.807, 2.05) is 49.0 Å². The molecule has 1 aromatic carbocycles. The molecule has 1 aromatic heterocycles. The van der Waals surface area contributed by atoms with E-state index < -0.39 is 5.60 Å². The zero-order valence-electron chi connectivity index (χ0n) is 16.1. The third kappa shape index (κ3) is 3.06. The molecule has 0 aliphatic carbocycles. The largest absolute Gasteiger partial charge is 0.440 e. The van der Waals surface area contributed by atoms with Gasteiger partial charge in [0.05, 0.1) is 17.8 Å². The maximum absolute atomic E-state index is 13.1. The van der Waals surface area contributed by atoms with Crippen molar-refractivity contribution in [2.75, 3.05) is 26.7 Å². The minimum atomic E-state index is -0.439. The third-order valence-corrected chi connectivity index (χ3v) is 5.81. The number of amides is 1. The molecule has 2 saturated heterocycles. The molecule has 2 aromatic rings. The summed E-state index contributed by atoms with van der Waals surface area (Å²) in [6.45, 7) is 4.75. The fourth-order valence-electron chi connectivity index (χ4n) is 4.36. The molecule has 4 rings (SSSR count). The van der Waals surface area contributed by atoms with Crippen LogP contribution in [0.5, 0.6) is 0 Å². The molecule has 0 unspecified atom stereocenters. The Morgan fingerprint density at radius 1 is 1.11 bits per heavy atom. The van der Waals surface area contributed by atoms with Crippen molar-refractivity contribution in [3.8, 4) is 5.69 Å². The van der Waals surface area contributed by atoms with Crippen molar-refractivity contribution in [1.29, 1.82) is 0 Å². The summed E-state index contributed by atoms with van der Waals surface area (Å²) >= 11 is 0.